The van der Waals surface area contributed by atoms with Gasteiger partial charge in [-0.3, -0.25) is 19.7 Å². The molecular formula is C10H12N4O6S. The molecule has 1 aromatic rings. The molecule has 21 heavy (non-hydrogen) atoms. The average Bonchev–Trinajstić information content (AvgIpc) is 2.37. The van der Waals surface area contributed by atoms with Crippen molar-refractivity contribution < 1.29 is 22.9 Å². The van der Waals surface area contributed by atoms with Gasteiger partial charge in [-0.15, -0.1) is 0 Å². The van der Waals surface area contributed by atoms with Gasteiger partial charge in [0.25, 0.3) is 5.69 Å². The van der Waals surface area contributed by atoms with Crippen molar-refractivity contribution in [1.82, 2.24) is 4.72 Å². The Morgan fingerprint density at radius 2 is 1.76 bits per heavy atom. The first kappa shape index (κ1) is 16.5. The number of sulfonamides is 1. The highest BCUT2D eigenvalue weighted by molar-refractivity contribution is 7.89. The molecule has 0 aliphatic rings. The number of hydrogen-bond donors (Lipinski definition) is 3. The molecule has 0 saturated heterocycles. The number of nitrogens with zero attached hydrogens (tertiary/aromatic N) is 1. The Bertz CT molecular complexity index is 669. The molecule has 0 heterocycles. The number of nitro groups is 1. The third-order valence-corrected chi connectivity index (χ3v) is 3.89. The maximum Gasteiger partial charge on any atom is 0.269 e. The fraction of sp³-hybridized carbons (Fsp3) is 0.200. The number of non-ortho nitro benzene ring substituents is 1. The minimum atomic E-state index is -4.17. The number of nitrogens with two attached hydrogens (primary N) is 2. The number of carbonyl (C=O) groups excluding carboxylic acids is 2. The lowest BCUT2D eigenvalue weighted by atomic mass is 10.2. The third kappa shape index (κ3) is 4.50. The van der Waals surface area contributed by atoms with Gasteiger partial charge >= 0.3 is 0 Å². The van der Waals surface area contributed by atoms with Gasteiger partial charge in [0, 0.05) is 12.1 Å². The summed E-state index contributed by atoms with van der Waals surface area (Å²) in [5.74, 6) is -1.98. The van der Waals surface area contributed by atoms with Gasteiger partial charge in [0.1, 0.15) is 6.04 Å². The molecule has 0 aliphatic heterocycles. The highest BCUT2D eigenvalue weighted by Crippen LogP contribution is 2.16. The van der Waals surface area contributed by atoms with Crippen LogP contribution >= 0.6 is 0 Å². The molecule has 10 nitrogen and oxygen atoms in total. The molecule has 0 spiro atoms. The van der Waals surface area contributed by atoms with Crippen LogP contribution in [-0.4, -0.2) is 31.2 Å². The van der Waals surface area contributed by atoms with Crippen LogP contribution in [0.1, 0.15) is 6.42 Å². The zero-order valence-corrected chi connectivity index (χ0v) is 11.4. The molecule has 11 heteroatoms. The fourth-order valence-electron chi connectivity index (χ4n) is 1.40. The van der Waals surface area contributed by atoms with Crippen LogP contribution in [0.4, 0.5) is 5.69 Å². The van der Waals surface area contributed by atoms with Crippen LogP contribution < -0.4 is 16.2 Å². The van der Waals surface area contributed by atoms with Crippen molar-refractivity contribution in [1.29, 1.82) is 0 Å². The summed E-state index contributed by atoms with van der Waals surface area (Å²) in [7, 11) is -4.17. The van der Waals surface area contributed by atoms with E-state index in [1.54, 1.807) is 0 Å². The van der Waals surface area contributed by atoms with Gasteiger partial charge in [-0.25, -0.2) is 8.42 Å². The van der Waals surface area contributed by atoms with Gasteiger partial charge in [-0.2, -0.15) is 4.72 Å². The van der Waals surface area contributed by atoms with Crippen LogP contribution in [0, 0.1) is 10.1 Å². The standard InChI is InChI=1S/C10H12N4O6S/c11-9(15)5-8(10(12)16)13-21(19,20)7-3-1-6(2-4-7)14(17)18/h1-4,8,13H,5H2,(H2,11,15)(H2,12,16)/t8-/m0/s1. The number of carbonyl (C=O) groups is 2. The van der Waals surface area contributed by atoms with Crippen molar-refractivity contribution in [3.05, 3.63) is 34.4 Å². The second kappa shape index (κ2) is 6.28. The van der Waals surface area contributed by atoms with Crippen LogP contribution in [0.3, 0.4) is 0 Å². The molecule has 114 valence electrons. The number of rotatable bonds is 7. The topological polar surface area (TPSA) is 175 Å². The Morgan fingerprint density at radius 1 is 1.24 bits per heavy atom. The van der Waals surface area contributed by atoms with Crippen LogP contribution in [0.5, 0.6) is 0 Å². The van der Waals surface area contributed by atoms with Gasteiger partial charge in [-0.05, 0) is 12.1 Å². The Balaban J connectivity index is 3.01. The normalized spacial score (nSPS) is 12.6. The maximum atomic E-state index is 12.0. The second-order valence-electron chi connectivity index (χ2n) is 4.00. The molecule has 1 atom stereocenters. The van der Waals surface area contributed by atoms with Gasteiger partial charge in [0.15, 0.2) is 0 Å². The molecule has 0 fully saturated rings. The summed E-state index contributed by atoms with van der Waals surface area (Å²) in [6.07, 6.45) is -0.596. The first-order chi connectivity index (χ1) is 9.63. The predicted octanol–water partition coefficient (Wildman–Crippen LogP) is -1.40. The van der Waals surface area contributed by atoms with E-state index < -0.39 is 39.2 Å². The largest absolute Gasteiger partial charge is 0.370 e. The van der Waals surface area contributed by atoms with Crippen molar-refractivity contribution in [2.45, 2.75) is 17.4 Å². The lowest BCUT2D eigenvalue weighted by Gasteiger charge is -2.14. The van der Waals surface area contributed by atoms with E-state index in [1.807, 2.05) is 4.72 Å². The molecule has 0 aromatic heterocycles. The van der Waals surface area contributed by atoms with Crippen molar-refractivity contribution in [3.8, 4) is 0 Å². The van der Waals surface area contributed by atoms with E-state index in [2.05, 4.69) is 0 Å². The zero-order chi connectivity index (χ0) is 16.2. The van der Waals surface area contributed by atoms with E-state index in [-0.39, 0.29) is 10.6 Å². The smallest absolute Gasteiger partial charge is 0.269 e. The van der Waals surface area contributed by atoms with Gasteiger partial charge in [0.05, 0.1) is 16.2 Å². The Kier molecular flexibility index (Phi) is 4.94. The molecule has 2 amide bonds. The van der Waals surface area contributed by atoms with Crippen LogP contribution in [0.15, 0.2) is 29.2 Å². The molecule has 0 saturated carbocycles. The van der Waals surface area contributed by atoms with E-state index in [0.717, 1.165) is 24.3 Å². The number of primary amides is 2. The minimum Gasteiger partial charge on any atom is -0.370 e. The summed E-state index contributed by atoms with van der Waals surface area (Å²) >= 11 is 0. The van der Waals surface area contributed by atoms with Crippen molar-refractivity contribution in [3.63, 3.8) is 0 Å². The lowest BCUT2D eigenvalue weighted by Crippen LogP contribution is -2.46. The second-order valence-corrected chi connectivity index (χ2v) is 5.71. The molecule has 1 aromatic carbocycles. The Morgan fingerprint density at radius 3 is 2.14 bits per heavy atom. The fourth-order valence-corrected chi connectivity index (χ4v) is 2.61. The first-order valence-corrected chi connectivity index (χ1v) is 6.96. The summed E-state index contributed by atoms with van der Waals surface area (Å²) in [5, 5.41) is 10.5. The Labute approximate surface area is 119 Å². The predicted molar refractivity (Wildman–Crippen MR) is 70.2 cm³/mol. The van der Waals surface area contributed by atoms with E-state index in [9.17, 15) is 28.1 Å². The summed E-state index contributed by atoms with van der Waals surface area (Å²) in [6, 6.07) is 2.46. The summed E-state index contributed by atoms with van der Waals surface area (Å²) in [5.41, 5.74) is 9.56. The quantitative estimate of drug-likeness (QED) is 0.411. The number of nitrogens with one attached hydrogen (secondary N) is 1. The molecular weight excluding hydrogens is 304 g/mol. The van der Waals surface area contributed by atoms with E-state index >= 15 is 0 Å². The van der Waals surface area contributed by atoms with Gasteiger partial charge < -0.3 is 11.5 Å². The summed E-state index contributed by atoms with van der Waals surface area (Å²) in [4.78, 5) is 31.3. The highest BCUT2D eigenvalue weighted by atomic mass is 32.2. The summed E-state index contributed by atoms with van der Waals surface area (Å²) < 4.78 is 25.9. The van der Waals surface area contributed by atoms with E-state index in [0.29, 0.717) is 0 Å². The van der Waals surface area contributed by atoms with Crippen molar-refractivity contribution in [2.24, 2.45) is 11.5 Å². The Hall–Kier alpha value is -2.53. The average molecular weight is 316 g/mol. The number of hydrogen-bond acceptors (Lipinski definition) is 6. The lowest BCUT2D eigenvalue weighted by molar-refractivity contribution is -0.384. The molecule has 0 radical (unpaired) electrons. The van der Waals surface area contributed by atoms with Gasteiger partial charge in [-0.1, -0.05) is 0 Å². The van der Waals surface area contributed by atoms with Crippen molar-refractivity contribution >= 4 is 27.5 Å². The molecule has 0 aliphatic carbocycles. The van der Waals surface area contributed by atoms with Crippen LogP contribution in [0.25, 0.3) is 0 Å². The first-order valence-electron chi connectivity index (χ1n) is 5.48. The molecule has 0 bridgehead atoms. The van der Waals surface area contributed by atoms with Crippen LogP contribution in [-0.2, 0) is 19.6 Å². The zero-order valence-electron chi connectivity index (χ0n) is 10.6. The van der Waals surface area contributed by atoms with E-state index in [1.165, 1.54) is 0 Å². The SMILES string of the molecule is NC(=O)C[C@H](NS(=O)(=O)c1ccc([N+](=O)[O-])cc1)C(N)=O. The molecule has 1 rings (SSSR count). The number of amides is 2. The summed E-state index contributed by atoms with van der Waals surface area (Å²) in [6.45, 7) is 0. The number of benzene rings is 1. The van der Waals surface area contributed by atoms with E-state index in [4.69, 9.17) is 11.5 Å². The maximum absolute atomic E-state index is 12.0. The number of nitro benzene ring substituents is 1. The third-order valence-electron chi connectivity index (χ3n) is 2.40. The van der Waals surface area contributed by atoms with Gasteiger partial charge in [0.2, 0.25) is 21.8 Å². The highest BCUT2D eigenvalue weighted by Gasteiger charge is 2.25. The molecule has 0 unspecified atom stereocenters. The monoisotopic (exact) mass is 316 g/mol. The minimum absolute atomic E-state index is 0.294. The van der Waals surface area contributed by atoms with Crippen LogP contribution in [0.2, 0.25) is 0 Å². The van der Waals surface area contributed by atoms with Crippen molar-refractivity contribution in [2.75, 3.05) is 0 Å². The molecule has 5 N–H and O–H groups in total.